The number of piperidine rings is 1. The molecule has 160 valence electrons. The molecule has 3 aromatic rings. The van der Waals surface area contributed by atoms with Crippen LogP contribution in [-0.2, 0) is 4.84 Å². The van der Waals surface area contributed by atoms with Crippen LogP contribution in [0.25, 0.3) is 5.69 Å². The highest BCUT2D eigenvalue weighted by atomic mass is 35.5. The molecule has 2 heterocycles. The summed E-state index contributed by atoms with van der Waals surface area (Å²) in [6.45, 7) is 1.61. The van der Waals surface area contributed by atoms with Crippen LogP contribution in [0, 0.1) is 11.6 Å². The fraction of sp³-hybridized carbons (Fsp3) is 0.217. The van der Waals surface area contributed by atoms with E-state index in [2.05, 4.69) is 10.5 Å². The van der Waals surface area contributed by atoms with Gasteiger partial charge in [0.15, 0.2) is 0 Å². The number of nitrogens with zero attached hydrogens (tertiary/aromatic N) is 2. The van der Waals surface area contributed by atoms with Gasteiger partial charge in [0.2, 0.25) is 0 Å². The van der Waals surface area contributed by atoms with Crippen LogP contribution in [0.2, 0.25) is 5.02 Å². The number of oxime groups is 1. The van der Waals surface area contributed by atoms with Gasteiger partial charge in [0.25, 0.3) is 5.56 Å². The van der Waals surface area contributed by atoms with E-state index in [0.29, 0.717) is 16.3 Å². The molecule has 0 saturated carbocycles. The lowest BCUT2D eigenvalue weighted by atomic mass is 10.0. The van der Waals surface area contributed by atoms with Gasteiger partial charge in [0, 0.05) is 29.5 Å². The first-order chi connectivity index (χ1) is 15.0. The van der Waals surface area contributed by atoms with Crippen LogP contribution in [-0.4, -0.2) is 29.5 Å². The summed E-state index contributed by atoms with van der Waals surface area (Å²) < 4.78 is 29.5. The number of pyridine rings is 1. The van der Waals surface area contributed by atoms with Crippen molar-refractivity contribution < 1.29 is 13.6 Å². The molecule has 2 aromatic carbocycles. The molecule has 31 heavy (non-hydrogen) atoms. The molecule has 5 nitrogen and oxygen atoms in total. The van der Waals surface area contributed by atoms with Crippen molar-refractivity contribution in [1.29, 1.82) is 0 Å². The standard InChI is InChI=1S/C23H20ClF2N3O2/c24-19-3-1-2-4-21(19)29-14-15(5-8-22(29)30)23(18-7-6-16(25)13-20(18)26)28-31-17-9-11-27-12-10-17/h1-8,13-14,17,27H,9-12H2/b28-23-. The summed E-state index contributed by atoms with van der Waals surface area (Å²) in [5.74, 6) is -1.47. The van der Waals surface area contributed by atoms with Gasteiger partial charge in [-0.15, -0.1) is 0 Å². The Balaban J connectivity index is 1.80. The zero-order valence-corrected chi connectivity index (χ0v) is 17.3. The van der Waals surface area contributed by atoms with Crippen LogP contribution in [0.1, 0.15) is 24.0 Å². The maximum atomic E-state index is 14.6. The summed E-state index contributed by atoms with van der Waals surface area (Å²) in [5.41, 5.74) is 0.833. The van der Waals surface area contributed by atoms with Crippen molar-refractivity contribution in [3.05, 3.63) is 98.9 Å². The van der Waals surface area contributed by atoms with Gasteiger partial charge < -0.3 is 10.2 Å². The third-order valence-corrected chi connectivity index (χ3v) is 5.38. The normalized spacial score (nSPS) is 15.1. The number of benzene rings is 2. The van der Waals surface area contributed by atoms with E-state index in [4.69, 9.17) is 16.4 Å². The Kier molecular flexibility index (Phi) is 6.44. The van der Waals surface area contributed by atoms with Gasteiger partial charge in [-0.1, -0.05) is 28.9 Å². The molecule has 1 aliphatic rings. The summed E-state index contributed by atoms with van der Waals surface area (Å²) in [6.07, 6.45) is 2.94. The van der Waals surface area contributed by atoms with E-state index in [1.165, 1.54) is 29.0 Å². The monoisotopic (exact) mass is 443 g/mol. The quantitative estimate of drug-likeness (QED) is 0.473. The third-order valence-electron chi connectivity index (χ3n) is 5.06. The van der Waals surface area contributed by atoms with E-state index < -0.39 is 11.6 Å². The molecule has 0 radical (unpaired) electrons. The van der Waals surface area contributed by atoms with Crippen LogP contribution < -0.4 is 10.9 Å². The van der Waals surface area contributed by atoms with Gasteiger partial charge in [-0.25, -0.2) is 8.78 Å². The predicted octanol–water partition coefficient (Wildman–Crippen LogP) is 4.29. The molecule has 1 N–H and O–H groups in total. The molecule has 8 heteroatoms. The van der Waals surface area contributed by atoms with E-state index in [1.807, 2.05) is 0 Å². The molecule has 1 fully saturated rings. The summed E-state index contributed by atoms with van der Waals surface area (Å²) in [7, 11) is 0. The van der Waals surface area contributed by atoms with Crippen LogP contribution in [0.15, 0.2) is 70.7 Å². The van der Waals surface area contributed by atoms with Gasteiger partial charge in [-0.05, 0) is 56.3 Å². The highest BCUT2D eigenvalue weighted by Crippen LogP contribution is 2.21. The number of nitrogens with one attached hydrogen (secondary N) is 1. The Morgan fingerprint density at radius 2 is 1.87 bits per heavy atom. The molecular weight excluding hydrogens is 424 g/mol. The lowest BCUT2D eigenvalue weighted by molar-refractivity contribution is 0.0378. The Hall–Kier alpha value is -3.03. The Morgan fingerprint density at radius 1 is 1.10 bits per heavy atom. The molecule has 1 saturated heterocycles. The second-order valence-electron chi connectivity index (χ2n) is 7.20. The fourth-order valence-corrected chi connectivity index (χ4v) is 3.66. The second-order valence-corrected chi connectivity index (χ2v) is 7.60. The van der Waals surface area contributed by atoms with Gasteiger partial charge in [-0.2, -0.15) is 0 Å². The van der Waals surface area contributed by atoms with Gasteiger partial charge in [0.05, 0.1) is 10.7 Å². The predicted molar refractivity (Wildman–Crippen MR) is 116 cm³/mol. The smallest absolute Gasteiger partial charge is 0.255 e. The zero-order valence-electron chi connectivity index (χ0n) is 16.5. The molecule has 0 spiro atoms. The Bertz CT molecular complexity index is 1170. The van der Waals surface area contributed by atoms with Crippen molar-refractivity contribution in [2.45, 2.75) is 18.9 Å². The molecule has 0 unspecified atom stereocenters. The number of halogens is 3. The largest absolute Gasteiger partial charge is 0.392 e. The summed E-state index contributed by atoms with van der Waals surface area (Å²) in [6, 6.07) is 13.0. The minimum Gasteiger partial charge on any atom is -0.392 e. The first-order valence-corrected chi connectivity index (χ1v) is 10.3. The number of aromatic nitrogens is 1. The average molecular weight is 444 g/mol. The summed E-state index contributed by atoms with van der Waals surface area (Å²) >= 11 is 6.26. The Labute approximate surface area is 182 Å². The van der Waals surface area contributed by atoms with Crippen molar-refractivity contribution in [3.8, 4) is 5.69 Å². The lowest BCUT2D eigenvalue weighted by Gasteiger charge is -2.21. The molecule has 0 atom stereocenters. The summed E-state index contributed by atoms with van der Waals surface area (Å²) in [5, 5.41) is 7.87. The number of para-hydroxylation sites is 1. The third kappa shape index (κ3) is 4.84. The van der Waals surface area contributed by atoms with Crippen LogP contribution in [0.5, 0.6) is 0 Å². The van der Waals surface area contributed by atoms with Crippen LogP contribution >= 0.6 is 11.6 Å². The van der Waals surface area contributed by atoms with E-state index in [-0.39, 0.29) is 22.9 Å². The van der Waals surface area contributed by atoms with Crippen molar-refractivity contribution in [2.75, 3.05) is 13.1 Å². The number of hydrogen-bond acceptors (Lipinski definition) is 4. The van der Waals surface area contributed by atoms with Crippen molar-refractivity contribution >= 4 is 17.3 Å². The van der Waals surface area contributed by atoms with E-state index in [0.717, 1.165) is 38.1 Å². The highest BCUT2D eigenvalue weighted by molar-refractivity contribution is 6.32. The molecule has 0 amide bonds. The number of rotatable bonds is 5. The molecule has 0 aliphatic carbocycles. The first-order valence-electron chi connectivity index (χ1n) is 9.91. The maximum Gasteiger partial charge on any atom is 0.255 e. The molecular formula is C23H20ClF2N3O2. The Morgan fingerprint density at radius 3 is 2.61 bits per heavy atom. The van der Waals surface area contributed by atoms with Crippen molar-refractivity contribution in [1.82, 2.24) is 9.88 Å². The molecule has 1 aliphatic heterocycles. The number of hydrogen-bond donors (Lipinski definition) is 1. The second kappa shape index (κ2) is 9.41. The SMILES string of the molecule is O=c1ccc(/C(=N/OC2CCNCC2)c2ccc(F)cc2F)cn1-c1ccccc1Cl. The first kappa shape index (κ1) is 21.2. The van der Waals surface area contributed by atoms with Gasteiger partial charge >= 0.3 is 0 Å². The average Bonchev–Trinajstić information content (AvgIpc) is 2.77. The van der Waals surface area contributed by atoms with Gasteiger partial charge in [-0.3, -0.25) is 9.36 Å². The van der Waals surface area contributed by atoms with E-state index in [9.17, 15) is 13.6 Å². The van der Waals surface area contributed by atoms with E-state index >= 15 is 0 Å². The topological polar surface area (TPSA) is 55.6 Å². The van der Waals surface area contributed by atoms with Crippen LogP contribution in [0.4, 0.5) is 8.78 Å². The molecule has 0 bridgehead atoms. The minimum atomic E-state index is -0.775. The van der Waals surface area contributed by atoms with E-state index in [1.54, 1.807) is 24.3 Å². The molecule has 4 rings (SSSR count). The van der Waals surface area contributed by atoms with Gasteiger partial charge in [0.1, 0.15) is 23.5 Å². The van der Waals surface area contributed by atoms with Crippen molar-refractivity contribution in [3.63, 3.8) is 0 Å². The summed E-state index contributed by atoms with van der Waals surface area (Å²) in [4.78, 5) is 18.2. The highest BCUT2D eigenvalue weighted by Gasteiger charge is 2.19. The van der Waals surface area contributed by atoms with Crippen molar-refractivity contribution in [2.24, 2.45) is 5.16 Å². The van der Waals surface area contributed by atoms with Crippen LogP contribution in [0.3, 0.4) is 0 Å². The lowest BCUT2D eigenvalue weighted by Crippen LogP contribution is -2.31. The maximum absolute atomic E-state index is 14.6. The minimum absolute atomic E-state index is 0.0692. The zero-order chi connectivity index (χ0) is 21.8. The molecule has 1 aromatic heterocycles. The fourth-order valence-electron chi connectivity index (χ4n) is 3.43.